The highest BCUT2D eigenvalue weighted by Gasteiger charge is 2.22. The number of nitrogens with zero attached hydrogens (tertiary/aromatic N) is 3. The molecule has 0 N–H and O–H groups in total. The number of rotatable bonds is 3. The van der Waals surface area contributed by atoms with Crippen LogP contribution in [0, 0.1) is 0 Å². The van der Waals surface area contributed by atoms with Crippen LogP contribution in [-0.4, -0.2) is 55.9 Å². The van der Waals surface area contributed by atoms with Crippen LogP contribution in [0.5, 0.6) is 5.75 Å². The summed E-state index contributed by atoms with van der Waals surface area (Å²) in [6.07, 6.45) is 2.76. The zero-order chi connectivity index (χ0) is 17.9. The molecule has 5 nitrogen and oxygen atoms in total. The first kappa shape index (κ1) is 18.9. The van der Waals surface area contributed by atoms with E-state index in [2.05, 4.69) is 16.9 Å². The molecule has 3 rings (SSSR count). The van der Waals surface area contributed by atoms with Gasteiger partial charge in [-0.1, -0.05) is 23.2 Å². The fraction of sp³-hybridized carbons (Fsp3) is 0.412. The van der Waals surface area contributed by atoms with E-state index in [0.29, 0.717) is 22.3 Å². The minimum Gasteiger partial charge on any atom is -0.495 e. The van der Waals surface area contributed by atoms with Gasteiger partial charge >= 0.3 is 0 Å². The van der Waals surface area contributed by atoms with E-state index in [9.17, 15) is 4.79 Å². The van der Waals surface area contributed by atoms with Gasteiger partial charge in [-0.25, -0.2) is 0 Å². The Kier molecular flexibility index (Phi) is 6.40. The lowest BCUT2D eigenvalue weighted by molar-refractivity contribution is -0.108. The Labute approximate surface area is 152 Å². The van der Waals surface area contributed by atoms with Crippen molar-refractivity contribution in [3.8, 4) is 5.75 Å². The highest BCUT2D eigenvalue weighted by atomic mass is 35.5. The lowest BCUT2D eigenvalue weighted by Crippen LogP contribution is -2.13. The summed E-state index contributed by atoms with van der Waals surface area (Å²) in [5.41, 5.74) is 3.25. The van der Waals surface area contributed by atoms with Crippen LogP contribution in [0.1, 0.15) is 11.1 Å². The summed E-state index contributed by atoms with van der Waals surface area (Å²) in [5.74, 6) is 0.596. The molecule has 2 aromatic rings. The second-order valence-electron chi connectivity index (χ2n) is 5.97. The summed E-state index contributed by atoms with van der Waals surface area (Å²) in [7, 11) is 7.38. The number of hydrogen-bond donors (Lipinski definition) is 0. The topological polar surface area (TPSA) is 45.7 Å². The van der Waals surface area contributed by atoms with Crippen LogP contribution in [0.25, 0.3) is 10.9 Å². The lowest BCUT2D eigenvalue weighted by atomic mass is 10.1. The molecule has 0 unspecified atom stereocenters. The maximum Gasteiger partial charge on any atom is 0.139 e. The molecular formula is C17H21Cl2N3O2. The molecule has 0 saturated heterocycles. The molecule has 0 amide bonds. The number of hydrogen-bond acceptors (Lipinski definition) is 5. The zero-order valence-electron chi connectivity index (χ0n) is 14.3. The summed E-state index contributed by atoms with van der Waals surface area (Å²) in [4.78, 5) is 18.0. The number of methoxy groups -OCH3 is 1. The molecule has 0 fully saturated rings. The molecule has 1 aliphatic heterocycles. The quantitative estimate of drug-likeness (QED) is 0.777. The van der Waals surface area contributed by atoms with Crippen LogP contribution in [0.3, 0.4) is 0 Å². The number of pyridine rings is 1. The van der Waals surface area contributed by atoms with Crippen LogP contribution >= 0.6 is 23.2 Å². The van der Waals surface area contributed by atoms with Crippen molar-refractivity contribution < 1.29 is 9.53 Å². The number of likely N-dealkylation sites (N-methyl/N-ethyl adjacent to an activating group) is 1. The summed E-state index contributed by atoms with van der Waals surface area (Å²) < 4.78 is 5.26. The number of aromatic nitrogens is 1. The molecular weight excluding hydrogens is 349 g/mol. The fourth-order valence-electron chi connectivity index (χ4n) is 2.58. The number of aldehydes is 1. The fourth-order valence-corrected chi connectivity index (χ4v) is 3.04. The number of ether oxygens (including phenoxy) is 1. The van der Waals surface area contributed by atoms with Gasteiger partial charge in [0.15, 0.2) is 0 Å². The Balaban J connectivity index is 0.000000301. The summed E-state index contributed by atoms with van der Waals surface area (Å²) in [6.45, 7) is 2.34. The lowest BCUT2D eigenvalue weighted by Gasteiger charge is -2.10. The number of benzene rings is 1. The molecule has 0 radical (unpaired) electrons. The van der Waals surface area contributed by atoms with Gasteiger partial charge in [-0.05, 0) is 38.3 Å². The molecule has 2 heterocycles. The normalized spacial score (nSPS) is 13.6. The van der Waals surface area contributed by atoms with E-state index in [4.69, 9.17) is 27.9 Å². The molecule has 0 bridgehead atoms. The van der Waals surface area contributed by atoms with E-state index in [-0.39, 0.29) is 0 Å². The molecule has 1 aromatic heterocycles. The maximum absolute atomic E-state index is 9.57. The number of halogens is 2. The van der Waals surface area contributed by atoms with Gasteiger partial charge in [0, 0.05) is 24.7 Å². The predicted molar refractivity (Wildman–Crippen MR) is 98.1 cm³/mol. The zero-order valence-corrected chi connectivity index (χ0v) is 15.8. The first-order valence-electron chi connectivity index (χ1n) is 7.48. The van der Waals surface area contributed by atoms with Crippen molar-refractivity contribution in [3.05, 3.63) is 33.4 Å². The molecule has 0 atom stereocenters. The summed E-state index contributed by atoms with van der Waals surface area (Å²) >= 11 is 12.4. The van der Waals surface area contributed by atoms with E-state index >= 15 is 0 Å². The average molecular weight is 370 g/mol. The van der Waals surface area contributed by atoms with Crippen molar-refractivity contribution in [2.24, 2.45) is 0 Å². The molecule has 0 spiro atoms. The molecule has 0 aliphatic carbocycles. The summed E-state index contributed by atoms with van der Waals surface area (Å²) in [5, 5.41) is 1.91. The average Bonchev–Trinajstić information content (AvgIpc) is 2.91. The van der Waals surface area contributed by atoms with E-state index in [1.807, 2.05) is 31.3 Å². The maximum atomic E-state index is 9.57. The third kappa shape index (κ3) is 3.98. The van der Waals surface area contributed by atoms with Crippen LogP contribution in [0.15, 0.2) is 12.3 Å². The van der Waals surface area contributed by atoms with E-state index in [1.54, 1.807) is 7.11 Å². The Hall–Kier alpha value is -1.40. The van der Waals surface area contributed by atoms with Gasteiger partial charge in [-0.2, -0.15) is 0 Å². The minimum atomic E-state index is 0.422. The van der Waals surface area contributed by atoms with E-state index in [1.165, 1.54) is 11.1 Å². The van der Waals surface area contributed by atoms with E-state index < -0.39 is 0 Å². The highest BCUT2D eigenvalue weighted by Crippen LogP contribution is 2.40. The smallest absolute Gasteiger partial charge is 0.139 e. The van der Waals surface area contributed by atoms with Gasteiger partial charge in [0.2, 0.25) is 0 Å². The van der Waals surface area contributed by atoms with Crippen molar-refractivity contribution >= 4 is 40.4 Å². The van der Waals surface area contributed by atoms with Crippen LogP contribution in [-0.2, 0) is 17.9 Å². The second kappa shape index (κ2) is 8.12. The standard InChI is InChI=1S/C13H12Cl2N2O.C4H9NO/c1-17-5-7-4-16-13-8(9(7)6-17)3-10(18-2)11(14)12(13)15;1-5(2)3-4-6/h3-4H,5-6H2,1-2H3;4H,3H2,1-2H3. The van der Waals surface area contributed by atoms with Crippen molar-refractivity contribution in [3.63, 3.8) is 0 Å². The third-order valence-corrected chi connectivity index (χ3v) is 4.58. The number of fused-ring (bicyclic) bond motifs is 3. The molecule has 130 valence electrons. The van der Waals surface area contributed by atoms with Gasteiger partial charge in [0.25, 0.3) is 0 Å². The number of carbonyl (C=O) groups is 1. The second-order valence-corrected chi connectivity index (χ2v) is 6.72. The Morgan fingerprint density at radius 2 is 2.04 bits per heavy atom. The SMILES string of the molecule is CN(C)CC=O.COc1cc2c3c(cnc2c(Cl)c1Cl)CN(C)C3. The van der Waals surface area contributed by atoms with Gasteiger partial charge in [-0.3, -0.25) is 9.88 Å². The third-order valence-electron chi connectivity index (χ3n) is 3.74. The van der Waals surface area contributed by atoms with Gasteiger partial charge in [0.05, 0.1) is 24.2 Å². The van der Waals surface area contributed by atoms with E-state index in [0.717, 1.165) is 30.3 Å². The van der Waals surface area contributed by atoms with Crippen molar-refractivity contribution in [1.29, 1.82) is 0 Å². The molecule has 24 heavy (non-hydrogen) atoms. The molecule has 7 heteroatoms. The molecule has 1 aliphatic rings. The first-order valence-corrected chi connectivity index (χ1v) is 8.24. The number of carbonyl (C=O) groups excluding carboxylic acids is 1. The largest absolute Gasteiger partial charge is 0.495 e. The Morgan fingerprint density at radius 3 is 2.58 bits per heavy atom. The predicted octanol–water partition coefficient (Wildman–Crippen LogP) is 3.24. The van der Waals surface area contributed by atoms with Gasteiger partial charge in [0.1, 0.15) is 17.1 Å². The van der Waals surface area contributed by atoms with Crippen molar-refractivity contribution in [2.45, 2.75) is 13.1 Å². The van der Waals surface area contributed by atoms with Crippen molar-refractivity contribution in [2.75, 3.05) is 34.8 Å². The first-order chi connectivity index (χ1) is 11.4. The van der Waals surface area contributed by atoms with Gasteiger partial charge in [-0.15, -0.1) is 0 Å². The minimum absolute atomic E-state index is 0.422. The van der Waals surface area contributed by atoms with Gasteiger partial charge < -0.3 is 14.4 Å². The molecule has 1 aromatic carbocycles. The Morgan fingerprint density at radius 1 is 1.33 bits per heavy atom. The van der Waals surface area contributed by atoms with Crippen LogP contribution in [0.4, 0.5) is 0 Å². The van der Waals surface area contributed by atoms with Crippen molar-refractivity contribution in [1.82, 2.24) is 14.8 Å². The molecule has 0 saturated carbocycles. The Bertz CT molecular complexity index is 750. The van der Waals surface area contributed by atoms with Crippen LogP contribution in [0.2, 0.25) is 10.0 Å². The summed E-state index contributed by atoms with van der Waals surface area (Å²) in [6, 6.07) is 1.93. The van der Waals surface area contributed by atoms with Crippen LogP contribution < -0.4 is 4.74 Å². The monoisotopic (exact) mass is 369 g/mol. The highest BCUT2D eigenvalue weighted by molar-refractivity contribution is 6.46.